The average molecular weight is 161 g/mol. The summed E-state index contributed by atoms with van der Waals surface area (Å²) in [6.45, 7) is 3.53. The molecular formula is C9H9N2O. The van der Waals surface area contributed by atoms with Crippen LogP contribution in [0.25, 0.3) is 6.08 Å². The Bertz CT molecular complexity index is 318. The molecular weight excluding hydrogens is 152 g/mol. The third kappa shape index (κ3) is 1.92. The fraction of sp³-hybridized carbons (Fsp3) is 0. The molecule has 61 valence electrons. The highest BCUT2D eigenvalue weighted by Crippen LogP contribution is 2.03. The largest absolute Gasteiger partial charge is 0.366 e. The zero-order chi connectivity index (χ0) is 8.97. The molecule has 1 radical (unpaired) electrons. The zero-order valence-corrected chi connectivity index (χ0v) is 6.53. The quantitative estimate of drug-likeness (QED) is 0.704. The molecule has 0 aliphatic heterocycles. The van der Waals surface area contributed by atoms with E-state index in [1.165, 1.54) is 6.20 Å². The molecule has 0 aliphatic carbocycles. The number of carbonyl (C=O) groups is 1. The number of aromatic nitrogens is 1. The summed E-state index contributed by atoms with van der Waals surface area (Å²) in [6, 6.07) is 1.66. The molecule has 0 saturated carbocycles. The Labute approximate surface area is 70.9 Å². The van der Waals surface area contributed by atoms with Crippen LogP contribution in [0.15, 0.2) is 24.5 Å². The van der Waals surface area contributed by atoms with Gasteiger partial charge in [0.15, 0.2) is 0 Å². The van der Waals surface area contributed by atoms with Crippen LogP contribution in [0, 0.1) is 6.92 Å². The number of carbonyl (C=O) groups excluding carboxylic acids is 1. The van der Waals surface area contributed by atoms with Gasteiger partial charge in [-0.05, 0) is 18.6 Å². The number of rotatable bonds is 2. The smallest absolute Gasteiger partial charge is 0.250 e. The molecule has 0 fully saturated rings. The lowest BCUT2D eigenvalue weighted by Gasteiger charge is -1.95. The third-order valence-corrected chi connectivity index (χ3v) is 1.35. The predicted octanol–water partition coefficient (Wildman–Crippen LogP) is 1.03. The van der Waals surface area contributed by atoms with Crippen molar-refractivity contribution in [1.82, 2.24) is 4.98 Å². The minimum absolute atomic E-state index is 0.408. The minimum Gasteiger partial charge on any atom is -0.366 e. The van der Waals surface area contributed by atoms with Crippen molar-refractivity contribution in [2.75, 3.05) is 0 Å². The van der Waals surface area contributed by atoms with Crippen molar-refractivity contribution >= 4 is 12.0 Å². The van der Waals surface area contributed by atoms with Gasteiger partial charge in [0.2, 0.25) is 5.91 Å². The number of hydrogen-bond donors (Lipinski definition) is 1. The summed E-state index contributed by atoms with van der Waals surface area (Å²) in [4.78, 5) is 14.5. The van der Waals surface area contributed by atoms with Gasteiger partial charge in [0, 0.05) is 12.4 Å². The number of allylic oxidation sites excluding steroid dienone is 1. The molecule has 0 unspecified atom stereocenters. The summed E-state index contributed by atoms with van der Waals surface area (Å²) >= 11 is 0. The highest BCUT2D eigenvalue weighted by Gasteiger charge is 1.99. The number of primary amides is 1. The van der Waals surface area contributed by atoms with Crippen LogP contribution in [0.3, 0.4) is 0 Å². The molecule has 2 N–H and O–H groups in total. The van der Waals surface area contributed by atoms with Crippen LogP contribution in [-0.2, 0) is 0 Å². The molecule has 0 atom stereocenters. The number of nitrogens with two attached hydrogens (primary N) is 1. The van der Waals surface area contributed by atoms with Crippen molar-refractivity contribution in [2.24, 2.45) is 5.73 Å². The fourth-order valence-electron chi connectivity index (χ4n) is 0.820. The molecule has 3 nitrogen and oxygen atoms in total. The van der Waals surface area contributed by atoms with Gasteiger partial charge in [-0.2, -0.15) is 0 Å². The molecule has 0 saturated heterocycles. The van der Waals surface area contributed by atoms with Crippen molar-refractivity contribution in [3.8, 4) is 0 Å². The minimum atomic E-state index is -0.471. The van der Waals surface area contributed by atoms with E-state index in [1.54, 1.807) is 24.4 Å². The molecule has 1 heterocycles. The zero-order valence-electron chi connectivity index (χ0n) is 6.53. The maximum atomic E-state index is 10.7. The van der Waals surface area contributed by atoms with E-state index < -0.39 is 5.91 Å². The fourth-order valence-corrected chi connectivity index (χ4v) is 0.820. The SMILES string of the molecule is [CH2]/C=C/c1cncc(C(N)=O)c1. The van der Waals surface area contributed by atoms with Gasteiger partial charge in [0.1, 0.15) is 0 Å². The lowest BCUT2D eigenvalue weighted by Crippen LogP contribution is -2.11. The molecule has 12 heavy (non-hydrogen) atoms. The molecule has 1 amide bonds. The van der Waals surface area contributed by atoms with E-state index in [4.69, 9.17) is 5.73 Å². The third-order valence-electron chi connectivity index (χ3n) is 1.35. The number of hydrogen-bond acceptors (Lipinski definition) is 2. The first kappa shape index (κ1) is 8.46. The first-order chi connectivity index (χ1) is 5.74. The van der Waals surface area contributed by atoms with Crippen LogP contribution in [0.1, 0.15) is 15.9 Å². The van der Waals surface area contributed by atoms with E-state index >= 15 is 0 Å². The first-order valence-corrected chi connectivity index (χ1v) is 3.44. The van der Waals surface area contributed by atoms with Gasteiger partial charge in [0.25, 0.3) is 0 Å². The van der Waals surface area contributed by atoms with Crippen molar-refractivity contribution in [3.05, 3.63) is 42.6 Å². The molecule has 3 heteroatoms. The maximum absolute atomic E-state index is 10.7. The molecule has 0 spiro atoms. The monoisotopic (exact) mass is 161 g/mol. The van der Waals surface area contributed by atoms with E-state index in [9.17, 15) is 4.79 Å². The number of nitrogens with zero attached hydrogens (tertiary/aromatic N) is 1. The summed E-state index contributed by atoms with van der Waals surface area (Å²) in [5.41, 5.74) is 6.29. The van der Waals surface area contributed by atoms with Crippen molar-refractivity contribution in [1.29, 1.82) is 0 Å². The van der Waals surface area contributed by atoms with Crippen LogP contribution in [0.5, 0.6) is 0 Å². The van der Waals surface area contributed by atoms with Gasteiger partial charge < -0.3 is 5.73 Å². The Morgan fingerprint density at radius 3 is 2.92 bits per heavy atom. The second kappa shape index (κ2) is 3.67. The van der Waals surface area contributed by atoms with E-state index in [2.05, 4.69) is 11.9 Å². The van der Waals surface area contributed by atoms with Crippen molar-refractivity contribution < 1.29 is 4.79 Å². The topological polar surface area (TPSA) is 56.0 Å². The highest BCUT2D eigenvalue weighted by atomic mass is 16.1. The number of pyridine rings is 1. The summed E-state index contributed by atoms with van der Waals surface area (Å²) in [5, 5.41) is 0. The number of amides is 1. The lowest BCUT2D eigenvalue weighted by atomic mass is 10.2. The van der Waals surface area contributed by atoms with Gasteiger partial charge >= 0.3 is 0 Å². The average Bonchev–Trinajstić information content (AvgIpc) is 2.05. The molecule has 1 aromatic heterocycles. The van der Waals surface area contributed by atoms with Gasteiger partial charge in [-0.25, -0.2) is 0 Å². The summed E-state index contributed by atoms with van der Waals surface area (Å²) in [6.07, 6.45) is 6.44. The molecule has 0 bridgehead atoms. The normalized spacial score (nSPS) is 10.4. The van der Waals surface area contributed by atoms with E-state index in [1.807, 2.05) is 0 Å². The Hall–Kier alpha value is -1.64. The Morgan fingerprint density at radius 1 is 1.58 bits per heavy atom. The molecule has 0 aromatic carbocycles. The highest BCUT2D eigenvalue weighted by molar-refractivity contribution is 5.92. The second-order valence-corrected chi connectivity index (χ2v) is 2.27. The second-order valence-electron chi connectivity index (χ2n) is 2.27. The van der Waals surface area contributed by atoms with Crippen molar-refractivity contribution in [3.63, 3.8) is 0 Å². The summed E-state index contributed by atoms with van der Waals surface area (Å²) < 4.78 is 0. The summed E-state index contributed by atoms with van der Waals surface area (Å²) in [7, 11) is 0. The van der Waals surface area contributed by atoms with E-state index in [0.29, 0.717) is 5.56 Å². The van der Waals surface area contributed by atoms with Crippen molar-refractivity contribution in [2.45, 2.75) is 0 Å². The lowest BCUT2D eigenvalue weighted by molar-refractivity contribution is 0.1000. The molecule has 1 rings (SSSR count). The van der Waals surface area contributed by atoms with Crippen LogP contribution in [0.2, 0.25) is 0 Å². The predicted molar refractivity (Wildman–Crippen MR) is 47.1 cm³/mol. The Morgan fingerprint density at radius 2 is 2.33 bits per heavy atom. The van der Waals surface area contributed by atoms with Crippen LogP contribution in [0.4, 0.5) is 0 Å². The first-order valence-electron chi connectivity index (χ1n) is 3.44. The van der Waals surface area contributed by atoms with Gasteiger partial charge in [-0.15, -0.1) is 0 Å². The van der Waals surface area contributed by atoms with Gasteiger partial charge in [0.05, 0.1) is 5.56 Å². The van der Waals surface area contributed by atoms with Gasteiger partial charge in [-0.3, -0.25) is 9.78 Å². The van der Waals surface area contributed by atoms with Crippen LogP contribution in [-0.4, -0.2) is 10.9 Å². The Balaban J connectivity index is 3.03. The van der Waals surface area contributed by atoms with Gasteiger partial charge in [-0.1, -0.05) is 12.2 Å². The van der Waals surface area contributed by atoms with E-state index in [-0.39, 0.29) is 0 Å². The molecule has 1 aromatic rings. The molecule has 0 aliphatic rings. The maximum Gasteiger partial charge on any atom is 0.250 e. The van der Waals surface area contributed by atoms with Crippen LogP contribution >= 0.6 is 0 Å². The standard InChI is InChI=1S/C9H9N2O/c1-2-3-7-4-8(9(10)12)6-11-5-7/h2-6H,1H2,(H2,10,12)/b3-2+. The van der Waals surface area contributed by atoms with Crippen LogP contribution < -0.4 is 5.73 Å². The Kier molecular flexibility index (Phi) is 2.58. The summed E-state index contributed by atoms with van der Waals surface area (Å²) in [5.74, 6) is -0.471. The van der Waals surface area contributed by atoms with E-state index in [0.717, 1.165) is 5.56 Å².